The predicted molar refractivity (Wildman–Crippen MR) is 70.2 cm³/mol. The lowest BCUT2D eigenvalue weighted by atomic mass is 10.2. The van der Waals surface area contributed by atoms with Crippen molar-refractivity contribution in [1.29, 1.82) is 0 Å². The third-order valence-electron chi connectivity index (χ3n) is 2.82. The summed E-state index contributed by atoms with van der Waals surface area (Å²) in [4.78, 5) is 8.44. The first-order valence-corrected chi connectivity index (χ1v) is 5.78. The van der Waals surface area contributed by atoms with Crippen LogP contribution in [0.1, 0.15) is 11.3 Å². The van der Waals surface area contributed by atoms with Crippen molar-refractivity contribution in [3.63, 3.8) is 0 Å². The van der Waals surface area contributed by atoms with Crippen molar-refractivity contribution in [2.24, 2.45) is 0 Å². The molecule has 3 aromatic rings. The monoisotopic (exact) mass is 239 g/mol. The maximum Gasteiger partial charge on any atom is 0.158 e. The Balaban J connectivity index is 1.87. The summed E-state index contributed by atoms with van der Waals surface area (Å²) in [6.45, 7) is 2.67. The third kappa shape index (κ3) is 1.90. The van der Waals surface area contributed by atoms with Gasteiger partial charge in [0.05, 0.1) is 5.69 Å². The number of hydrogen-bond donors (Lipinski definition) is 2. The molecule has 0 fully saturated rings. The first-order valence-electron chi connectivity index (χ1n) is 5.78. The number of hydrogen-bond acceptors (Lipinski definition) is 4. The van der Waals surface area contributed by atoms with Gasteiger partial charge in [0.2, 0.25) is 0 Å². The molecule has 18 heavy (non-hydrogen) atoms. The second kappa shape index (κ2) is 4.44. The SMILES string of the molecule is Cc1[nH]nc2c(NCc3ccccc3)ncnc12. The van der Waals surface area contributed by atoms with Gasteiger partial charge in [-0.3, -0.25) is 5.10 Å². The molecule has 2 aromatic heterocycles. The molecule has 0 amide bonds. The van der Waals surface area contributed by atoms with E-state index in [9.17, 15) is 0 Å². The predicted octanol–water partition coefficient (Wildman–Crippen LogP) is 2.27. The highest BCUT2D eigenvalue weighted by molar-refractivity contribution is 5.86. The standard InChI is InChI=1S/C13H13N5/c1-9-11-12(18-17-9)13(16-8-15-11)14-7-10-5-3-2-4-6-10/h2-6,8H,7H2,1H3,(H,17,18)(H,14,15,16). The van der Waals surface area contributed by atoms with Gasteiger partial charge in [-0.2, -0.15) is 5.10 Å². The molecular formula is C13H13N5. The molecule has 0 atom stereocenters. The number of aromatic nitrogens is 4. The third-order valence-corrected chi connectivity index (χ3v) is 2.82. The van der Waals surface area contributed by atoms with E-state index < -0.39 is 0 Å². The highest BCUT2D eigenvalue weighted by atomic mass is 15.2. The van der Waals surface area contributed by atoms with Crippen LogP contribution in [0, 0.1) is 6.92 Å². The van der Waals surface area contributed by atoms with Crippen LogP contribution in [-0.4, -0.2) is 20.2 Å². The molecule has 0 bridgehead atoms. The molecule has 2 heterocycles. The second-order valence-electron chi connectivity index (χ2n) is 4.11. The molecule has 2 N–H and O–H groups in total. The number of nitrogens with one attached hydrogen (secondary N) is 2. The highest BCUT2D eigenvalue weighted by Gasteiger charge is 2.08. The lowest BCUT2D eigenvalue weighted by Gasteiger charge is -2.05. The number of nitrogens with zero attached hydrogens (tertiary/aromatic N) is 3. The minimum absolute atomic E-state index is 0.721. The van der Waals surface area contributed by atoms with Gasteiger partial charge in [-0.25, -0.2) is 9.97 Å². The summed E-state index contributed by atoms with van der Waals surface area (Å²) >= 11 is 0. The Morgan fingerprint density at radius 2 is 1.94 bits per heavy atom. The number of benzene rings is 1. The fraction of sp³-hybridized carbons (Fsp3) is 0.154. The summed E-state index contributed by atoms with van der Waals surface area (Å²) in [6.07, 6.45) is 1.55. The number of anilines is 1. The van der Waals surface area contributed by atoms with Crippen LogP contribution < -0.4 is 5.32 Å². The van der Waals surface area contributed by atoms with Gasteiger partial charge in [0.1, 0.15) is 11.8 Å². The molecule has 0 saturated heterocycles. The minimum Gasteiger partial charge on any atom is -0.364 e. The molecule has 0 saturated carbocycles. The number of aromatic amines is 1. The van der Waals surface area contributed by atoms with Crippen molar-refractivity contribution >= 4 is 16.9 Å². The lowest BCUT2D eigenvalue weighted by molar-refractivity contribution is 1.06. The first-order chi connectivity index (χ1) is 8.84. The van der Waals surface area contributed by atoms with Crippen LogP contribution in [0.4, 0.5) is 5.82 Å². The van der Waals surface area contributed by atoms with Crippen LogP contribution >= 0.6 is 0 Å². The minimum atomic E-state index is 0.721. The Kier molecular flexibility index (Phi) is 2.64. The van der Waals surface area contributed by atoms with Gasteiger partial charge in [0.25, 0.3) is 0 Å². The highest BCUT2D eigenvalue weighted by Crippen LogP contribution is 2.18. The van der Waals surface area contributed by atoms with E-state index in [4.69, 9.17) is 0 Å². The van der Waals surface area contributed by atoms with Crippen LogP contribution in [0.5, 0.6) is 0 Å². The zero-order valence-electron chi connectivity index (χ0n) is 10.0. The summed E-state index contributed by atoms with van der Waals surface area (Å²) in [5, 5.41) is 10.4. The van der Waals surface area contributed by atoms with Crippen molar-refractivity contribution in [2.45, 2.75) is 13.5 Å². The van der Waals surface area contributed by atoms with Gasteiger partial charge in [-0.15, -0.1) is 0 Å². The van der Waals surface area contributed by atoms with Crippen molar-refractivity contribution in [1.82, 2.24) is 20.2 Å². The smallest absolute Gasteiger partial charge is 0.158 e. The largest absolute Gasteiger partial charge is 0.364 e. The van der Waals surface area contributed by atoms with Gasteiger partial charge in [-0.05, 0) is 12.5 Å². The lowest BCUT2D eigenvalue weighted by Crippen LogP contribution is -2.02. The fourth-order valence-corrected chi connectivity index (χ4v) is 1.86. The normalized spacial score (nSPS) is 10.7. The topological polar surface area (TPSA) is 66.5 Å². The molecule has 0 aliphatic heterocycles. The van der Waals surface area contributed by atoms with Crippen molar-refractivity contribution in [2.75, 3.05) is 5.32 Å². The van der Waals surface area contributed by atoms with E-state index in [-0.39, 0.29) is 0 Å². The molecule has 0 radical (unpaired) electrons. The van der Waals surface area contributed by atoms with E-state index in [2.05, 4.69) is 37.6 Å². The number of fused-ring (bicyclic) bond motifs is 1. The number of rotatable bonds is 3. The summed E-state index contributed by atoms with van der Waals surface area (Å²) in [5.41, 5.74) is 3.80. The van der Waals surface area contributed by atoms with Crippen LogP contribution in [0.2, 0.25) is 0 Å². The summed E-state index contributed by atoms with van der Waals surface area (Å²) in [5.74, 6) is 0.758. The van der Waals surface area contributed by atoms with Gasteiger partial charge < -0.3 is 5.32 Å². The fourth-order valence-electron chi connectivity index (χ4n) is 1.86. The Morgan fingerprint density at radius 1 is 1.11 bits per heavy atom. The second-order valence-corrected chi connectivity index (χ2v) is 4.11. The summed E-state index contributed by atoms with van der Waals surface area (Å²) in [7, 11) is 0. The van der Waals surface area contributed by atoms with Gasteiger partial charge in [0.15, 0.2) is 11.3 Å². The van der Waals surface area contributed by atoms with Crippen molar-refractivity contribution in [3.8, 4) is 0 Å². The van der Waals surface area contributed by atoms with Crippen LogP contribution in [0.3, 0.4) is 0 Å². The molecule has 0 spiro atoms. The Labute approximate surface area is 104 Å². The molecule has 1 aromatic carbocycles. The quantitative estimate of drug-likeness (QED) is 0.735. The van der Waals surface area contributed by atoms with E-state index in [1.54, 1.807) is 6.33 Å². The maximum atomic E-state index is 4.23. The number of aryl methyl sites for hydroxylation is 1. The average molecular weight is 239 g/mol. The van der Waals surface area contributed by atoms with Gasteiger partial charge in [0, 0.05) is 6.54 Å². The Hall–Kier alpha value is -2.43. The molecule has 3 rings (SSSR count). The Morgan fingerprint density at radius 3 is 2.78 bits per heavy atom. The van der Waals surface area contributed by atoms with Crippen LogP contribution in [-0.2, 0) is 6.54 Å². The van der Waals surface area contributed by atoms with E-state index >= 15 is 0 Å². The van der Waals surface area contributed by atoms with Crippen molar-refractivity contribution in [3.05, 3.63) is 47.9 Å². The molecule has 5 nitrogen and oxygen atoms in total. The summed E-state index contributed by atoms with van der Waals surface area (Å²) < 4.78 is 0. The zero-order chi connectivity index (χ0) is 12.4. The zero-order valence-corrected chi connectivity index (χ0v) is 10.0. The van der Waals surface area contributed by atoms with Gasteiger partial charge >= 0.3 is 0 Å². The van der Waals surface area contributed by atoms with Crippen LogP contribution in [0.25, 0.3) is 11.0 Å². The molecule has 5 heteroatoms. The van der Waals surface area contributed by atoms with Crippen LogP contribution in [0.15, 0.2) is 36.7 Å². The first kappa shape index (κ1) is 10.7. The molecule has 0 aliphatic carbocycles. The summed E-state index contributed by atoms with van der Waals surface area (Å²) in [6, 6.07) is 10.2. The van der Waals surface area contributed by atoms with Gasteiger partial charge in [-0.1, -0.05) is 30.3 Å². The molecule has 0 aliphatic rings. The maximum absolute atomic E-state index is 4.23. The average Bonchev–Trinajstić information content (AvgIpc) is 2.80. The van der Waals surface area contributed by atoms with E-state index in [0.717, 1.165) is 29.1 Å². The van der Waals surface area contributed by atoms with E-state index in [1.807, 2.05) is 25.1 Å². The van der Waals surface area contributed by atoms with E-state index in [1.165, 1.54) is 5.56 Å². The molecule has 0 unspecified atom stereocenters. The van der Waals surface area contributed by atoms with E-state index in [0.29, 0.717) is 0 Å². The number of H-pyrrole nitrogens is 1. The Bertz CT molecular complexity index is 659. The molecule has 90 valence electrons. The van der Waals surface area contributed by atoms with Crippen molar-refractivity contribution < 1.29 is 0 Å². The molecular weight excluding hydrogens is 226 g/mol.